The molecule has 0 atom stereocenters. The molecule has 2 rings (SSSR count). The van der Waals surface area contributed by atoms with E-state index in [0.29, 0.717) is 12.2 Å². The van der Waals surface area contributed by atoms with Crippen LogP contribution in [0, 0.1) is 0 Å². The quantitative estimate of drug-likeness (QED) is 0.827. The molecule has 3 heteroatoms. The lowest BCUT2D eigenvalue weighted by Crippen LogP contribution is -2.26. The minimum Gasteiger partial charge on any atom is -0.494 e. The second-order valence-corrected chi connectivity index (χ2v) is 4.58. The third-order valence-corrected chi connectivity index (χ3v) is 3.00. The van der Waals surface area contributed by atoms with Crippen molar-refractivity contribution in [2.24, 2.45) is 0 Å². The molecule has 0 fully saturated rings. The highest BCUT2D eigenvalue weighted by Gasteiger charge is 2.13. The van der Waals surface area contributed by atoms with Gasteiger partial charge in [-0.2, -0.15) is 0 Å². The Bertz CT molecular complexity index is 566. The van der Waals surface area contributed by atoms with Crippen molar-refractivity contribution in [3.63, 3.8) is 0 Å². The van der Waals surface area contributed by atoms with Crippen molar-refractivity contribution >= 4 is 11.6 Å². The number of amides is 1. The van der Waals surface area contributed by atoms with Gasteiger partial charge in [-0.1, -0.05) is 31.2 Å². The highest BCUT2D eigenvalue weighted by atomic mass is 16.5. The van der Waals surface area contributed by atoms with Gasteiger partial charge in [0.25, 0.3) is 5.91 Å². The lowest BCUT2D eigenvalue weighted by Gasteiger charge is -2.18. The molecule has 3 nitrogen and oxygen atoms in total. The second-order valence-electron chi connectivity index (χ2n) is 4.58. The van der Waals surface area contributed by atoms with Crippen LogP contribution in [0.25, 0.3) is 0 Å². The van der Waals surface area contributed by atoms with Crippen LogP contribution in [0.3, 0.4) is 0 Å². The number of benzene rings is 2. The van der Waals surface area contributed by atoms with Crippen LogP contribution in [0.15, 0.2) is 54.6 Å². The maximum atomic E-state index is 12.4. The molecule has 0 aliphatic heterocycles. The molecule has 0 spiro atoms. The Balaban J connectivity index is 2.16. The van der Waals surface area contributed by atoms with E-state index in [0.717, 1.165) is 17.9 Å². The summed E-state index contributed by atoms with van der Waals surface area (Å²) in [6.07, 6.45) is 0.961. The Morgan fingerprint density at radius 3 is 2.55 bits per heavy atom. The monoisotopic (exact) mass is 269 g/mol. The number of ether oxygens (including phenoxy) is 1. The summed E-state index contributed by atoms with van der Waals surface area (Å²) in [7, 11) is 1.77. The van der Waals surface area contributed by atoms with Gasteiger partial charge in [0, 0.05) is 24.4 Å². The van der Waals surface area contributed by atoms with Crippen molar-refractivity contribution in [3.8, 4) is 5.75 Å². The summed E-state index contributed by atoms with van der Waals surface area (Å²) in [5.74, 6) is 0.760. The number of carbonyl (C=O) groups is 1. The average Bonchev–Trinajstić information content (AvgIpc) is 2.52. The molecule has 0 unspecified atom stereocenters. The molecule has 0 aromatic heterocycles. The summed E-state index contributed by atoms with van der Waals surface area (Å²) in [5.41, 5.74) is 1.50. The predicted molar refractivity (Wildman–Crippen MR) is 81.4 cm³/mol. The van der Waals surface area contributed by atoms with E-state index < -0.39 is 0 Å². The maximum Gasteiger partial charge on any atom is 0.258 e. The SMILES string of the molecule is CCCOc1cccc(N(C)C(=O)c2ccccc2)c1. The molecule has 20 heavy (non-hydrogen) atoms. The van der Waals surface area contributed by atoms with Crippen LogP contribution in [-0.2, 0) is 0 Å². The van der Waals surface area contributed by atoms with Crippen molar-refractivity contribution in [3.05, 3.63) is 60.2 Å². The predicted octanol–water partition coefficient (Wildman–Crippen LogP) is 3.75. The Labute approximate surface area is 119 Å². The average molecular weight is 269 g/mol. The summed E-state index contributed by atoms with van der Waals surface area (Å²) < 4.78 is 5.59. The fraction of sp³-hybridized carbons (Fsp3) is 0.235. The molecule has 0 N–H and O–H groups in total. The van der Waals surface area contributed by atoms with Crippen LogP contribution in [0.2, 0.25) is 0 Å². The molecule has 104 valence electrons. The molecule has 0 saturated carbocycles. The number of hydrogen-bond acceptors (Lipinski definition) is 2. The van der Waals surface area contributed by atoms with Crippen molar-refractivity contribution in [2.45, 2.75) is 13.3 Å². The summed E-state index contributed by atoms with van der Waals surface area (Å²) >= 11 is 0. The minimum atomic E-state index is -0.0294. The van der Waals surface area contributed by atoms with Gasteiger partial charge in [0.2, 0.25) is 0 Å². The molecule has 0 radical (unpaired) electrons. The Kier molecular flexibility index (Phi) is 4.77. The van der Waals surface area contributed by atoms with Crippen LogP contribution >= 0.6 is 0 Å². The molecule has 0 bridgehead atoms. The molecule has 0 aliphatic carbocycles. The number of rotatable bonds is 5. The lowest BCUT2D eigenvalue weighted by molar-refractivity contribution is 0.0993. The minimum absolute atomic E-state index is 0.0294. The van der Waals surface area contributed by atoms with Gasteiger partial charge in [-0.15, -0.1) is 0 Å². The molecule has 2 aromatic carbocycles. The summed E-state index contributed by atoms with van der Waals surface area (Å²) in [4.78, 5) is 14.0. The van der Waals surface area contributed by atoms with Gasteiger partial charge in [-0.25, -0.2) is 0 Å². The Morgan fingerprint density at radius 1 is 1.10 bits per heavy atom. The first-order valence-corrected chi connectivity index (χ1v) is 6.78. The third kappa shape index (κ3) is 3.38. The molecule has 0 saturated heterocycles. The number of carbonyl (C=O) groups excluding carboxylic acids is 1. The summed E-state index contributed by atoms with van der Waals surface area (Å²) in [6.45, 7) is 2.74. The third-order valence-electron chi connectivity index (χ3n) is 3.00. The molecular weight excluding hydrogens is 250 g/mol. The fourth-order valence-electron chi connectivity index (χ4n) is 1.89. The van der Waals surface area contributed by atoms with Crippen LogP contribution in [0.5, 0.6) is 5.75 Å². The Hall–Kier alpha value is -2.29. The van der Waals surface area contributed by atoms with Gasteiger partial charge < -0.3 is 9.64 Å². The smallest absolute Gasteiger partial charge is 0.258 e. The van der Waals surface area contributed by atoms with Crippen molar-refractivity contribution in [1.82, 2.24) is 0 Å². The lowest BCUT2D eigenvalue weighted by atomic mass is 10.2. The topological polar surface area (TPSA) is 29.5 Å². The fourth-order valence-corrected chi connectivity index (χ4v) is 1.89. The summed E-state index contributed by atoms with van der Waals surface area (Å²) in [5, 5.41) is 0. The van der Waals surface area contributed by atoms with Crippen LogP contribution in [0.4, 0.5) is 5.69 Å². The molecule has 0 heterocycles. The first-order valence-electron chi connectivity index (χ1n) is 6.78. The second kappa shape index (κ2) is 6.75. The molecule has 1 amide bonds. The van der Waals surface area contributed by atoms with Gasteiger partial charge in [-0.05, 0) is 30.7 Å². The number of hydrogen-bond donors (Lipinski definition) is 0. The first kappa shape index (κ1) is 14.1. The van der Waals surface area contributed by atoms with Gasteiger partial charge in [0.1, 0.15) is 5.75 Å². The van der Waals surface area contributed by atoms with E-state index in [1.54, 1.807) is 11.9 Å². The highest BCUT2D eigenvalue weighted by molar-refractivity contribution is 6.05. The highest BCUT2D eigenvalue weighted by Crippen LogP contribution is 2.21. The van der Waals surface area contributed by atoms with Crippen LogP contribution in [-0.4, -0.2) is 19.6 Å². The standard InChI is InChI=1S/C17H19NO2/c1-3-12-20-16-11-7-10-15(13-16)18(2)17(19)14-8-5-4-6-9-14/h4-11,13H,3,12H2,1-2H3. The van der Waals surface area contributed by atoms with Gasteiger partial charge in [-0.3, -0.25) is 4.79 Å². The summed E-state index contributed by atoms with van der Waals surface area (Å²) in [6, 6.07) is 16.8. The normalized spacial score (nSPS) is 10.1. The molecular formula is C17H19NO2. The van der Waals surface area contributed by atoms with E-state index in [1.165, 1.54) is 0 Å². The zero-order valence-electron chi connectivity index (χ0n) is 11.9. The van der Waals surface area contributed by atoms with Crippen LogP contribution < -0.4 is 9.64 Å². The van der Waals surface area contributed by atoms with E-state index in [1.807, 2.05) is 54.6 Å². The van der Waals surface area contributed by atoms with E-state index >= 15 is 0 Å². The Morgan fingerprint density at radius 2 is 1.85 bits per heavy atom. The van der Waals surface area contributed by atoms with E-state index in [-0.39, 0.29) is 5.91 Å². The van der Waals surface area contributed by atoms with E-state index in [9.17, 15) is 4.79 Å². The van der Waals surface area contributed by atoms with Gasteiger partial charge in [0.05, 0.1) is 6.61 Å². The zero-order chi connectivity index (χ0) is 14.4. The van der Waals surface area contributed by atoms with Gasteiger partial charge >= 0.3 is 0 Å². The van der Waals surface area contributed by atoms with Crippen molar-refractivity contribution < 1.29 is 9.53 Å². The maximum absolute atomic E-state index is 12.4. The van der Waals surface area contributed by atoms with Crippen molar-refractivity contribution in [1.29, 1.82) is 0 Å². The largest absolute Gasteiger partial charge is 0.494 e. The first-order chi connectivity index (χ1) is 9.72. The number of nitrogens with zero attached hydrogens (tertiary/aromatic N) is 1. The molecule has 0 aliphatic rings. The zero-order valence-corrected chi connectivity index (χ0v) is 11.9. The van der Waals surface area contributed by atoms with Crippen LogP contribution in [0.1, 0.15) is 23.7 Å². The van der Waals surface area contributed by atoms with Crippen molar-refractivity contribution in [2.75, 3.05) is 18.6 Å². The molecule has 2 aromatic rings. The van der Waals surface area contributed by atoms with E-state index in [2.05, 4.69) is 6.92 Å². The van der Waals surface area contributed by atoms with Gasteiger partial charge in [0.15, 0.2) is 0 Å². The van der Waals surface area contributed by atoms with E-state index in [4.69, 9.17) is 4.74 Å². The number of anilines is 1.